The van der Waals surface area contributed by atoms with Crippen molar-refractivity contribution < 1.29 is 4.79 Å². The van der Waals surface area contributed by atoms with Crippen LogP contribution in [0.1, 0.15) is 27.2 Å². The number of rotatable bonds is 7. The molecule has 0 aliphatic carbocycles. The lowest BCUT2D eigenvalue weighted by Gasteiger charge is -2.20. The Labute approximate surface area is 86.8 Å². The number of nitrogens with zero attached hydrogens (tertiary/aromatic N) is 1. The first-order chi connectivity index (χ1) is 6.60. The van der Waals surface area contributed by atoms with Crippen molar-refractivity contribution in [2.75, 3.05) is 26.2 Å². The zero-order valence-corrected chi connectivity index (χ0v) is 9.55. The van der Waals surface area contributed by atoms with Crippen LogP contribution in [-0.2, 0) is 4.79 Å². The molecule has 0 bridgehead atoms. The largest absolute Gasteiger partial charge is 0.353 e. The van der Waals surface area contributed by atoms with E-state index in [4.69, 9.17) is 5.73 Å². The molecule has 0 aliphatic heterocycles. The fourth-order valence-electron chi connectivity index (χ4n) is 1.34. The third-order valence-electron chi connectivity index (χ3n) is 1.80. The van der Waals surface area contributed by atoms with Gasteiger partial charge in [-0.15, -0.1) is 0 Å². The summed E-state index contributed by atoms with van der Waals surface area (Å²) >= 11 is 0. The van der Waals surface area contributed by atoms with E-state index >= 15 is 0 Å². The molecule has 4 nitrogen and oxygen atoms in total. The molecule has 0 saturated heterocycles. The molecule has 3 N–H and O–H groups in total. The van der Waals surface area contributed by atoms with Crippen molar-refractivity contribution in [2.24, 2.45) is 5.73 Å². The molecule has 0 unspecified atom stereocenters. The minimum atomic E-state index is 0.0851. The van der Waals surface area contributed by atoms with Gasteiger partial charge < -0.3 is 11.1 Å². The lowest BCUT2D eigenvalue weighted by Crippen LogP contribution is -2.42. The Morgan fingerprint density at radius 1 is 1.43 bits per heavy atom. The molecule has 0 spiro atoms. The molecule has 0 rings (SSSR count). The molecule has 0 radical (unpaired) electrons. The van der Waals surface area contributed by atoms with Crippen molar-refractivity contribution in [3.05, 3.63) is 0 Å². The second kappa shape index (κ2) is 7.76. The van der Waals surface area contributed by atoms with Crippen molar-refractivity contribution in [1.29, 1.82) is 0 Å². The highest BCUT2D eigenvalue weighted by atomic mass is 16.2. The van der Waals surface area contributed by atoms with Crippen LogP contribution in [0, 0.1) is 0 Å². The number of carbonyl (C=O) groups excluding carboxylic acids is 1. The van der Waals surface area contributed by atoms with Gasteiger partial charge in [-0.1, -0.05) is 6.92 Å². The molecule has 4 heteroatoms. The fraction of sp³-hybridized carbons (Fsp3) is 0.900. The summed E-state index contributed by atoms with van der Waals surface area (Å²) in [6, 6.07) is 0.212. The maximum atomic E-state index is 11.4. The quantitative estimate of drug-likeness (QED) is 0.618. The molecular weight excluding hydrogens is 178 g/mol. The number of hydrogen-bond acceptors (Lipinski definition) is 3. The van der Waals surface area contributed by atoms with Gasteiger partial charge in [-0.25, -0.2) is 0 Å². The summed E-state index contributed by atoms with van der Waals surface area (Å²) in [6.07, 6.45) is 1.05. The van der Waals surface area contributed by atoms with Crippen molar-refractivity contribution in [2.45, 2.75) is 33.2 Å². The van der Waals surface area contributed by atoms with E-state index in [0.717, 1.165) is 19.5 Å². The second-order valence-corrected chi connectivity index (χ2v) is 3.79. The van der Waals surface area contributed by atoms with E-state index in [1.165, 1.54) is 0 Å². The summed E-state index contributed by atoms with van der Waals surface area (Å²) in [7, 11) is 0. The maximum Gasteiger partial charge on any atom is 0.234 e. The molecule has 14 heavy (non-hydrogen) atoms. The summed E-state index contributed by atoms with van der Waals surface area (Å²) in [5.74, 6) is 0.0851. The molecule has 1 amide bonds. The Morgan fingerprint density at radius 2 is 2.07 bits per heavy atom. The smallest absolute Gasteiger partial charge is 0.234 e. The van der Waals surface area contributed by atoms with Gasteiger partial charge in [-0.05, 0) is 26.8 Å². The third kappa shape index (κ3) is 6.86. The van der Waals surface area contributed by atoms with Gasteiger partial charge in [0.1, 0.15) is 0 Å². The van der Waals surface area contributed by atoms with Gasteiger partial charge in [-0.3, -0.25) is 9.69 Å². The zero-order valence-electron chi connectivity index (χ0n) is 9.55. The molecule has 0 atom stereocenters. The number of nitrogens with one attached hydrogen (secondary N) is 1. The third-order valence-corrected chi connectivity index (χ3v) is 1.80. The highest BCUT2D eigenvalue weighted by Gasteiger charge is 2.09. The normalized spacial score (nSPS) is 11.0. The monoisotopic (exact) mass is 201 g/mol. The number of nitrogens with two attached hydrogens (primary N) is 1. The highest BCUT2D eigenvalue weighted by molar-refractivity contribution is 5.78. The summed E-state index contributed by atoms with van der Waals surface area (Å²) in [6.45, 7) is 8.82. The summed E-state index contributed by atoms with van der Waals surface area (Å²) in [5.41, 5.74) is 5.46. The molecule has 0 aromatic rings. The van der Waals surface area contributed by atoms with Crippen molar-refractivity contribution in [1.82, 2.24) is 10.2 Å². The predicted molar refractivity (Wildman–Crippen MR) is 59.1 cm³/mol. The number of hydrogen-bond donors (Lipinski definition) is 2. The maximum absolute atomic E-state index is 11.4. The average Bonchev–Trinajstić information content (AvgIpc) is 2.03. The van der Waals surface area contributed by atoms with Crippen molar-refractivity contribution in [3.8, 4) is 0 Å². The van der Waals surface area contributed by atoms with Crippen LogP contribution in [0.3, 0.4) is 0 Å². The summed E-state index contributed by atoms with van der Waals surface area (Å²) in [5, 5.41) is 2.87. The minimum absolute atomic E-state index is 0.0851. The molecular formula is C10H23N3O. The van der Waals surface area contributed by atoms with Gasteiger partial charge in [0.05, 0.1) is 6.54 Å². The van der Waals surface area contributed by atoms with Crippen LogP contribution >= 0.6 is 0 Å². The molecule has 0 aliphatic rings. The van der Waals surface area contributed by atoms with E-state index in [2.05, 4.69) is 17.1 Å². The van der Waals surface area contributed by atoms with E-state index in [9.17, 15) is 4.79 Å². The van der Waals surface area contributed by atoms with Crippen LogP contribution < -0.4 is 11.1 Å². The van der Waals surface area contributed by atoms with E-state index in [0.29, 0.717) is 13.1 Å². The first-order valence-corrected chi connectivity index (χ1v) is 5.32. The Balaban J connectivity index is 3.82. The first-order valence-electron chi connectivity index (χ1n) is 5.32. The van der Waals surface area contributed by atoms with Crippen LogP contribution in [-0.4, -0.2) is 43.0 Å². The van der Waals surface area contributed by atoms with Gasteiger partial charge in [0.25, 0.3) is 0 Å². The standard InChI is InChI=1S/C10H23N3O/c1-4-6-13(7-5-11)8-10(14)12-9(2)3/h9H,4-8,11H2,1-3H3,(H,12,14). The van der Waals surface area contributed by atoms with Crippen molar-refractivity contribution in [3.63, 3.8) is 0 Å². The predicted octanol–water partition coefficient (Wildman–Crippen LogP) is 0.182. The van der Waals surface area contributed by atoms with Gasteiger partial charge >= 0.3 is 0 Å². The Hall–Kier alpha value is -0.610. The lowest BCUT2D eigenvalue weighted by atomic mass is 10.3. The first kappa shape index (κ1) is 13.4. The average molecular weight is 201 g/mol. The second-order valence-electron chi connectivity index (χ2n) is 3.79. The van der Waals surface area contributed by atoms with E-state index < -0.39 is 0 Å². The van der Waals surface area contributed by atoms with E-state index in [1.807, 2.05) is 13.8 Å². The SMILES string of the molecule is CCCN(CCN)CC(=O)NC(C)C. The highest BCUT2D eigenvalue weighted by Crippen LogP contribution is 1.90. The van der Waals surface area contributed by atoms with E-state index in [1.54, 1.807) is 0 Å². The van der Waals surface area contributed by atoms with Gasteiger partial charge in [-0.2, -0.15) is 0 Å². The van der Waals surface area contributed by atoms with Gasteiger partial charge in [0.2, 0.25) is 5.91 Å². The Bertz CT molecular complexity index is 153. The fourth-order valence-corrected chi connectivity index (χ4v) is 1.34. The number of amides is 1. The molecule has 0 heterocycles. The summed E-state index contributed by atoms with van der Waals surface area (Å²) < 4.78 is 0. The van der Waals surface area contributed by atoms with Crippen LogP contribution in [0.5, 0.6) is 0 Å². The van der Waals surface area contributed by atoms with Gasteiger partial charge in [0, 0.05) is 19.1 Å². The molecule has 84 valence electrons. The molecule has 0 aromatic heterocycles. The van der Waals surface area contributed by atoms with E-state index in [-0.39, 0.29) is 11.9 Å². The van der Waals surface area contributed by atoms with Crippen molar-refractivity contribution >= 4 is 5.91 Å². The Kier molecular flexibility index (Phi) is 7.42. The minimum Gasteiger partial charge on any atom is -0.353 e. The zero-order chi connectivity index (χ0) is 11.0. The number of carbonyl (C=O) groups is 1. The molecule has 0 saturated carbocycles. The molecule has 0 aromatic carbocycles. The van der Waals surface area contributed by atoms with Crippen LogP contribution in [0.4, 0.5) is 0 Å². The molecule has 0 fully saturated rings. The summed E-state index contributed by atoms with van der Waals surface area (Å²) in [4.78, 5) is 13.5. The van der Waals surface area contributed by atoms with Crippen LogP contribution in [0.15, 0.2) is 0 Å². The topological polar surface area (TPSA) is 58.4 Å². The Morgan fingerprint density at radius 3 is 2.50 bits per heavy atom. The lowest BCUT2D eigenvalue weighted by molar-refractivity contribution is -0.122. The van der Waals surface area contributed by atoms with Crippen LogP contribution in [0.2, 0.25) is 0 Å². The van der Waals surface area contributed by atoms with Crippen LogP contribution in [0.25, 0.3) is 0 Å². The van der Waals surface area contributed by atoms with Gasteiger partial charge in [0.15, 0.2) is 0 Å².